The number of morpholine rings is 1. The minimum Gasteiger partial charge on any atom is -0.497 e. The maximum absolute atomic E-state index is 12.6. The van der Waals surface area contributed by atoms with Gasteiger partial charge in [0.2, 0.25) is 10.0 Å². The minimum atomic E-state index is -3.38. The molecule has 8 heteroatoms. The zero-order chi connectivity index (χ0) is 20.0. The Morgan fingerprint density at radius 1 is 1.18 bits per heavy atom. The maximum Gasteiger partial charge on any atom is 0.211 e. The molecule has 0 bridgehead atoms. The average Bonchev–Trinajstić information content (AvgIpc) is 3.13. The molecule has 0 radical (unpaired) electrons. The van der Waals surface area contributed by atoms with Crippen LogP contribution in [0.25, 0.3) is 0 Å². The Hall–Kier alpha value is -1.87. The first-order chi connectivity index (χ1) is 13.5. The molecule has 1 saturated heterocycles. The summed E-state index contributed by atoms with van der Waals surface area (Å²) < 4.78 is 40.6. The van der Waals surface area contributed by atoms with Crippen molar-refractivity contribution < 1.29 is 17.9 Å². The molecule has 154 valence electrons. The van der Waals surface area contributed by atoms with E-state index in [0.717, 1.165) is 30.1 Å². The van der Waals surface area contributed by atoms with Gasteiger partial charge in [0.1, 0.15) is 5.75 Å². The zero-order valence-electron chi connectivity index (χ0n) is 16.5. The van der Waals surface area contributed by atoms with Crippen LogP contribution in [0.3, 0.4) is 0 Å². The Bertz CT molecular complexity index is 843. The van der Waals surface area contributed by atoms with Gasteiger partial charge in [-0.25, -0.2) is 13.1 Å². The van der Waals surface area contributed by atoms with E-state index >= 15 is 0 Å². The standard InChI is InChI=1S/C20H29N3O4S/c1-22-10-3-4-19(22)20(23-11-13-27-14-12-23)16-21-28(24,25)15-9-17-5-7-18(26-2)8-6-17/h3-8,10,20-21H,9,11-16H2,1-2H3. The number of hydrogen-bond donors (Lipinski definition) is 1. The summed E-state index contributed by atoms with van der Waals surface area (Å²) in [5, 5.41) is 0. The van der Waals surface area contributed by atoms with Crippen LogP contribution in [0.1, 0.15) is 17.3 Å². The van der Waals surface area contributed by atoms with Gasteiger partial charge in [-0.3, -0.25) is 4.90 Å². The summed E-state index contributed by atoms with van der Waals surface area (Å²) >= 11 is 0. The second-order valence-electron chi connectivity index (χ2n) is 6.97. The molecule has 7 nitrogen and oxygen atoms in total. The number of hydrogen-bond acceptors (Lipinski definition) is 5. The SMILES string of the molecule is COc1ccc(CCS(=O)(=O)NCC(c2cccn2C)N2CCOCC2)cc1. The number of sulfonamides is 1. The van der Waals surface area contributed by atoms with E-state index < -0.39 is 10.0 Å². The van der Waals surface area contributed by atoms with Gasteiger partial charge in [0.25, 0.3) is 0 Å². The Morgan fingerprint density at radius 2 is 1.89 bits per heavy atom. The van der Waals surface area contributed by atoms with E-state index in [-0.39, 0.29) is 11.8 Å². The van der Waals surface area contributed by atoms with Crippen LogP contribution >= 0.6 is 0 Å². The third-order valence-electron chi connectivity index (χ3n) is 5.13. The van der Waals surface area contributed by atoms with E-state index in [0.29, 0.717) is 26.2 Å². The third-order valence-corrected chi connectivity index (χ3v) is 6.47. The van der Waals surface area contributed by atoms with Crippen molar-refractivity contribution in [2.24, 2.45) is 7.05 Å². The highest BCUT2D eigenvalue weighted by molar-refractivity contribution is 7.89. The molecular weight excluding hydrogens is 378 g/mol. The fraction of sp³-hybridized carbons (Fsp3) is 0.500. The molecule has 1 atom stereocenters. The highest BCUT2D eigenvalue weighted by atomic mass is 32.2. The number of aromatic nitrogens is 1. The highest BCUT2D eigenvalue weighted by Crippen LogP contribution is 2.21. The van der Waals surface area contributed by atoms with Gasteiger partial charge in [0.05, 0.1) is 32.1 Å². The fourth-order valence-electron chi connectivity index (χ4n) is 3.45. The molecule has 0 aliphatic carbocycles. The second kappa shape index (κ2) is 9.56. The van der Waals surface area contributed by atoms with Crippen LogP contribution in [0.5, 0.6) is 5.75 Å². The first-order valence-corrected chi connectivity index (χ1v) is 11.2. The van der Waals surface area contributed by atoms with Gasteiger partial charge < -0.3 is 14.0 Å². The molecule has 3 rings (SSSR count). The van der Waals surface area contributed by atoms with E-state index in [4.69, 9.17) is 9.47 Å². The van der Waals surface area contributed by atoms with Crippen LogP contribution in [-0.4, -0.2) is 63.6 Å². The third kappa shape index (κ3) is 5.57. The van der Waals surface area contributed by atoms with Crippen LogP contribution in [0, 0.1) is 0 Å². The summed E-state index contributed by atoms with van der Waals surface area (Å²) in [6.07, 6.45) is 2.45. The maximum atomic E-state index is 12.6. The van der Waals surface area contributed by atoms with E-state index in [2.05, 4.69) is 9.62 Å². The molecule has 2 aromatic rings. The average molecular weight is 408 g/mol. The van der Waals surface area contributed by atoms with Gasteiger partial charge in [-0.1, -0.05) is 12.1 Å². The summed E-state index contributed by atoms with van der Waals surface area (Å²) in [7, 11) is 0.218. The van der Waals surface area contributed by atoms with Crippen molar-refractivity contribution in [3.63, 3.8) is 0 Å². The Morgan fingerprint density at radius 3 is 2.50 bits per heavy atom. The zero-order valence-corrected chi connectivity index (χ0v) is 17.3. The molecule has 1 aliphatic heterocycles. The lowest BCUT2D eigenvalue weighted by atomic mass is 10.1. The van der Waals surface area contributed by atoms with Crippen molar-refractivity contribution in [2.45, 2.75) is 12.5 Å². The summed E-state index contributed by atoms with van der Waals surface area (Å²) in [4.78, 5) is 2.28. The quantitative estimate of drug-likeness (QED) is 0.683. The van der Waals surface area contributed by atoms with Crippen LogP contribution in [0.2, 0.25) is 0 Å². The monoisotopic (exact) mass is 407 g/mol. The molecule has 0 amide bonds. The van der Waals surface area contributed by atoms with Crippen LogP contribution < -0.4 is 9.46 Å². The topological polar surface area (TPSA) is 72.8 Å². The number of nitrogens with one attached hydrogen (secondary N) is 1. The molecule has 1 N–H and O–H groups in total. The number of benzene rings is 1. The Kier molecular flexibility index (Phi) is 7.12. The second-order valence-corrected chi connectivity index (χ2v) is 8.90. The van der Waals surface area contributed by atoms with E-state index in [9.17, 15) is 8.42 Å². The van der Waals surface area contributed by atoms with Crippen LogP contribution in [0.4, 0.5) is 0 Å². The fourth-order valence-corrected chi connectivity index (χ4v) is 4.51. The summed E-state index contributed by atoms with van der Waals surface area (Å²) in [6, 6.07) is 11.5. The van der Waals surface area contributed by atoms with E-state index in [1.165, 1.54) is 0 Å². The number of aryl methyl sites for hydroxylation is 2. The van der Waals surface area contributed by atoms with Gasteiger partial charge in [-0.15, -0.1) is 0 Å². The molecular formula is C20H29N3O4S. The van der Waals surface area contributed by atoms with Crippen LogP contribution in [0.15, 0.2) is 42.6 Å². The van der Waals surface area contributed by atoms with E-state index in [1.807, 2.05) is 54.2 Å². The van der Waals surface area contributed by atoms with Crippen molar-refractivity contribution in [1.29, 1.82) is 0 Å². The Balaban J connectivity index is 1.61. The van der Waals surface area contributed by atoms with Gasteiger partial charge in [-0.2, -0.15) is 0 Å². The van der Waals surface area contributed by atoms with Crippen molar-refractivity contribution in [1.82, 2.24) is 14.2 Å². The molecule has 1 fully saturated rings. The van der Waals surface area contributed by atoms with Gasteiger partial charge in [-0.05, 0) is 36.2 Å². The number of methoxy groups -OCH3 is 1. The molecule has 1 aliphatic rings. The smallest absolute Gasteiger partial charge is 0.211 e. The van der Waals surface area contributed by atoms with Gasteiger partial charge in [0, 0.05) is 38.6 Å². The molecule has 28 heavy (non-hydrogen) atoms. The predicted octanol–water partition coefficient (Wildman–Crippen LogP) is 1.57. The highest BCUT2D eigenvalue weighted by Gasteiger charge is 2.26. The predicted molar refractivity (Wildman–Crippen MR) is 109 cm³/mol. The first-order valence-electron chi connectivity index (χ1n) is 9.52. The summed E-state index contributed by atoms with van der Waals surface area (Å²) in [5.74, 6) is 0.822. The molecule has 0 saturated carbocycles. The molecule has 2 heterocycles. The lowest BCUT2D eigenvalue weighted by Gasteiger charge is -2.34. The van der Waals surface area contributed by atoms with Crippen molar-refractivity contribution in [3.8, 4) is 5.75 Å². The molecule has 1 unspecified atom stereocenters. The summed E-state index contributed by atoms with van der Waals surface area (Å²) in [6.45, 7) is 3.28. The van der Waals surface area contributed by atoms with Gasteiger partial charge in [0.15, 0.2) is 0 Å². The molecule has 1 aromatic heterocycles. The largest absolute Gasteiger partial charge is 0.497 e. The van der Waals surface area contributed by atoms with Crippen molar-refractivity contribution in [3.05, 3.63) is 53.9 Å². The van der Waals surface area contributed by atoms with Gasteiger partial charge >= 0.3 is 0 Å². The lowest BCUT2D eigenvalue weighted by Crippen LogP contribution is -2.44. The molecule has 1 aromatic carbocycles. The first kappa shape index (κ1) is 20.9. The normalized spacial score (nSPS) is 16.8. The number of ether oxygens (including phenoxy) is 2. The van der Waals surface area contributed by atoms with E-state index in [1.54, 1.807) is 7.11 Å². The number of nitrogens with zero attached hydrogens (tertiary/aromatic N) is 2. The molecule has 0 spiro atoms. The van der Waals surface area contributed by atoms with Crippen LogP contribution in [-0.2, 0) is 28.2 Å². The summed E-state index contributed by atoms with van der Waals surface area (Å²) in [5.41, 5.74) is 2.07. The lowest BCUT2D eigenvalue weighted by molar-refractivity contribution is 0.0158. The number of rotatable bonds is 9. The minimum absolute atomic E-state index is 0.0142. The van der Waals surface area contributed by atoms with Crippen molar-refractivity contribution >= 4 is 10.0 Å². The Labute approximate surface area is 167 Å². The van der Waals surface area contributed by atoms with Crippen molar-refractivity contribution in [2.75, 3.05) is 45.7 Å².